The van der Waals surface area contributed by atoms with Crippen LogP contribution in [0.2, 0.25) is 0 Å². The third kappa shape index (κ3) is 4.10. The second kappa shape index (κ2) is 7.59. The number of aromatic nitrogens is 3. The van der Waals surface area contributed by atoms with Crippen molar-refractivity contribution in [2.45, 2.75) is 32.9 Å². The van der Waals surface area contributed by atoms with Gasteiger partial charge in [0, 0.05) is 18.3 Å². The van der Waals surface area contributed by atoms with Crippen molar-refractivity contribution in [1.29, 1.82) is 0 Å². The lowest BCUT2D eigenvalue weighted by Gasteiger charge is -2.14. The average molecular weight is 323 g/mol. The zero-order chi connectivity index (χ0) is 16.8. The Morgan fingerprint density at radius 3 is 2.75 bits per heavy atom. The normalized spacial score (nSPS) is 11.9. The molecule has 3 heterocycles. The highest BCUT2D eigenvalue weighted by atomic mass is 16.3. The first-order valence-electron chi connectivity index (χ1n) is 8.08. The Morgan fingerprint density at radius 2 is 2.04 bits per heavy atom. The Labute approximate surface area is 141 Å². The molecule has 0 amide bonds. The van der Waals surface area contributed by atoms with E-state index in [1.54, 1.807) is 12.5 Å². The zero-order valence-corrected chi connectivity index (χ0v) is 13.9. The standard InChI is InChI=1S/C18H21N5O/c1-3-13(2)21-18-22-16(15-8-4-5-9-19-15)11-17(23-18)20-12-14-7-6-10-24-14/h4-11,13H,3,12H2,1-2H3,(H2,20,21,22,23)/t13-/m1/s1. The highest BCUT2D eigenvalue weighted by molar-refractivity contribution is 5.61. The molecule has 2 N–H and O–H groups in total. The molecule has 0 radical (unpaired) electrons. The van der Waals surface area contributed by atoms with Crippen LogP contribution in [0.3, 0.4) is 0 Å². The van der Waals surface area contributed by atoms with Gasteiger partial charge in [0.1, 0.15) is 11.6 Å². The van der Waals surface area contributed by atoms with Crippen LogP contribution in [-0.2, 0) is 6.54 Å². The van der Waals surface area contributed by atoms with Crippen molar-refractivity contribution in [2.24, 2.45) is 0 Å². The topological polar surface area (TPSA) is 75.9 Å². The van der Waals surface area contributed by atoms with E-state index in [1.807, 2.05) is 36.4 Å². The molecule has 0 saturated carbocycles. The van der Waals surface area contributed by atoms with Crippen molar-refractivity contribution in [3.63, 3.8) is 0 Å². The van der Waals surface area contributed by atoms with Crippen LogP contribution in [0.15, 0.2) is 53.3 Å². The van der Waals surface area contributed by atoms with Crippen LogP contribution in [0, 0.1) is 0 Å². The van der Waals surface area contributed by atoms with Gasteiger partial charge in [0.2, 0.25) is 5.95 Å². The number of hydrogen-bond donors (Lipinski definition) is 2. The molecule has 3 aromatic rings. The van der Waals surface area contributed by atoms with E-state index in [4.69, 9.17) is 4.42 Å². The summed E-state index contributed by atoms with van der Waals surface area (Å²) in [7, 11) is 0. The van der Waals surface area contributed by atoms with Gasteiger partial charge < -0.3 is 15.1 Å². The van der Waals surface area contributed by atoms with Crippen LogP contribution in [0.4, 0.5) is 11.8 Å². The Balaban J connectivity index is 1.87. The van der Waals surface area contributed by atoms with Crippen molar-refractivity contribution in [1.82, 2.24) is 15.0 Å². The number of furan rings is 1. The lowest BCUT2D eigenvalue weighted by molar-refractivity contribution is 0.518. The van der Waals surface area contributed by atoms with Crippen molar-refractivity contribution < 1.29 is 4.42 Å². The summed E-state index contributed by atoms with van der Waals surface area (Å²) in [6.07, 6.45) is 4.41. The molecule has 6 heteroatoms. The van der Waals surface area contributed by atoms with E-state index in [-0.39, 0.29) is 0 Å². The number of nitrogens with zero attached hydrogens (tertiary/aromatic N) is 3. The van der Waals surface area contributed by atoms with Gasteiger partial charge in [0.15, 0.2) is 0 Å². The molecule has 24 heavy (non-hydrogen) atoms. The van der Waals surface area contributed by atoms with E-state index in [1.165, 1.54) is 0 Å². The molecule has 0 aromatic carbocycles. The number of anilines is 2. The molecule has 124 valence electrons. The largest absolute Gasteiger partial charge is 0.467 e. The summed E-state index contributed by atoms with van der Waals surface area (Å²) in [4.78, 5) is 13.5. The monoisotopic (exact) mass is 323 g/mol. The van der Waals surface area contributed by atoms with E-state index in [0.29, 0.717) is 18.5 Å². The molecule has 3 rings (SSSR count). The second-order valence-corrected chi connectivity index (χ2v) is 5.56. The van der Waals surface area contributed by atoms with Crippen molar-refractivity contribution in [2.75, 3.05) is 10.6 Å². The maximum atomic E-state index is 5.35. The zero-order valence-electron chi connectivity index (χ0n) is 13.9. The number of pyridine rings is 1. The van der Waals surface area contributed by atoms with Crippen LogP contribution < -0.4 is 10.6 Å². The number of hydrogen-bond acceptors (Lipinski definition) is 6. The van der Waals surface area contributed by atoms with Crippen LogP contribution in [0.5, 0.6) is 0 Å². The van der Waals surface area contributed by atoms with Gasteiger partial charge in [0.25, 0.3) is 0 Å². The molecule has 1 atom stereocenters. The smallest absolute Gasteiger partial charge is 0.225 e. The summed E-state index contributed by atoms with van der Waals surface area (Å²) >= 11 is 0. The van der Waals surface area contributed by atoms with Crippen LogP contribution in [-0.4, -0.2) is 21.0 Å². The summed E-state index contributed by atoms with van der Waals surface area (Å²) in [6, 6.07) is 11.8. The van der Waals surface area contributed by atoms with Gasteiger partial charge >= 0.3 is 0 Å². The number of nitrogens with one attached hydrogen (secondary N) is 2. The molecule has 6 nitrogen and oxygen atoms in total. The van der Waals surface area contributed by atoms with Crippen molar-refractivity contribution in [3.8, 4) is 11.4 Å². The molecule has 0 fully saturated rings. The maximum Gasteiger partial charge on any atom is 0.225 e. The maximum absolute atomic E-state index is 5.35. The molecule has 0 aliphatic carbocycles. The summed E-state index contributed by atoms with van der Waals surface area (Å²) < 4.78 is 5.35. The van der Waals surface area contributed by atoms with E-state index < -0.39 is 0 Å². The average Bonchev–Trinajstić information content (AvgIpc) is 3.14. The Hall–Kier alpha value is -2.89. The third-order valence-electron chi connectivity index (χ3n) is 3.67. The molecule has 0 aliphatic heterocycles. The Kier molecular flexibility index (Phi) is 5.05. The van der Waals surface area contributed by atoms with Crippen LogP contribution in [0.1, 0.15) is 26.0 Å². The first-order chi connectivity index (χ1) is 11.7. The van der Waals surface area contributed by atoms with Gasteiger partial charge in [-0.15, -0.1) is 0 Å². The minimum Gasteiger partial charge on any atom is -0.467 e. The minimum absolute atomic E-state index is 0.293. The third-order valence-corrected chi connectivity index (χ3v) is 3.67. The molecule has 0 aliphatic rings. The SMILES string of the molecule is CC[C@@H](C)Nc1nc(NCc2ccco2)cc(-c2ccccn2)n1. The molecular weight excluding hydrogens is 302 g/mol. The van der Waals surface area contributed by atoms with E-state index in [2.05, 4.69) is 39.4 Å². The quantitative estimate of drug-likeness (QED) is 0.685. The highest BCUT2D eigenvalue weighted by Crippen LogP contribution is 2.20. The summed E-state index contributed by atoms with van der Waals surface area (Å²) in [5, 5.41) is 6.60. The second-order valence-electron chi connectivity index (χ2n) is 5.56. The highest BCUT2D eigenvalue weighted by Gasteiger charge is 2.09. The van der Waals surface area contributed by atoms with Gasteiger partial charge in [-0.2, -0.15) is 4.98 Å². The molecule has 0 unspecified atom stereocenters. The fourth-order valence-corrected chi connectivity index (χ4v) is 2.16. The molecule has 0 spiro atoms. The van der Waals surface area contributed by atoms with E-state index >= 15 is 0 Å². The lowest BCUT2D eigenvalue weighted by atomic mass is 10.2. The van der Waals surface area contributed by atoms with E-state index in [9.17, 15) is 0 Å². The predicted octanol–water partition coefficient (Wildman–Crippen LogP) is 3.95. The van der Waals surface area contributed by atoms with Gasteiger partial charge in [-0.3, -0.25) is 4.98 Å². The number of rotatable bonds is 7. The van der Waals surface area contributed by atoms with Crippen LogP contribution in [0.25, 0.3) is 11.4 Å². The van der Waals surface area contributed by atoms with Gasteiger partial charge in [-0.05, 0) is 37.6 Å². The van der Waals surface area contributed by atoms with E-state index in [0.717, 1.165) is 29.4 Å². The molecule has 3 aromatic heterocycles. The first kappa shape index (κ1) is 16.0. The van der Waals surface area contributed by atoms with Gasteiger partial charge in [0.05, 0.1) is 24.2 Å². The summed E-state index contributed by atoms with van der Waals surface area (Å²) in [6.45, 7) is 4.79. The van der Waals surface area contributed by atoms with Crippen molar-refractivity contribution in [3.05, 3.63) is 54.6 Å². The molecule has 0 saturated heterocycles. The predicted molar refractivity (Wildman–Crippen MR) is 94.7 cm³/mol. The summed E-state index contributed by atoms with van der Waals surface area (Å²) in [5.41, 5.74) is 1.59. The fourth-order valence-electron chi connectivity index (χ4n) is 2.16. The van der Waals surface area contributed by atoms with Crippen molar-refractivity contribution >= 4 is 11.8 Å². The van der Waals surface area contributed by atoms with Crippen LogP contribution >= 0.6 is 0 Å². The molecular formula is C18H21N5O. The van der Waals surface area contributed by atoms with Gasteiger partial charge in [-0.1, -0.05) is 13.0 Å². The Bertz CT molecular complexity index is 758. The van der Waals surface area contributed by atoms with Gasteiger partial charge in [-0.25, -0.2) is 4.98 Å². The summed E-state index contributed by atoms with van der Waals surface area (Å²) in [5.74, 6) is 2.17. The first-order valence-corrected chi connectivity index (χ1v) is 8.08. The Morgan fingerprint density at radius 1 is 1.12 bits per heavy atom. The minimum atomic E-state index is 0.293. The lowest BCUT2D eigenvalue weighted by Crippen LogP contribution is -2.16. The molecule has 0 bridgehead atoms. The fraction of sp³-hybridized carbons (Fsp3) is 0.278.